The van der Waals surface area contributed by atoms with Gasteiger partial charge in [-0.3, -0.25) is 4.79 Å². The molecule has 1 unspecified atom stereocenters. The number of nitrogens with zero attached hydrogens (tertiary/aromatic N) is 2. The van der Waals surface area contributed by atoms with Gasteiger partial charge in [-0.05, 0) is 37.0 Å². The van der Waals surface area contributed by atoms with Crippen molar-refractivity contribution in [3.63, 3.8) is 0 Å². The minimum absolute atomic E-state index is 0.0121. The van der Waals surface area contributed by atoms with Crippen molar-refractivity contribution < 1.29 is 18.0 Å². The summed E-state index contributed by atoms with van der Waals surface area (Å²) in [6.07, 6.45) is -1.49. The van der Waals surface area contributed by atoms with Crippen molar-refractivity contribution in [3.05, 3.63) is 71.2 Å². The van der Waals surface area contributed by atoms with Crippen LogP contribution in [0.3, 0.4) is 0 Å². The lowest BCUT2D eigenvalue weighted by Crippen LogP contribution is -2.38. The summed E-state index contributed by atoms with van der Waals surface area (Å²) in [6, 6.07) is 14.8. The van der Waals surface area contributed by atoms with Gasteiger partial charge in [-0.2, -0.15) is 13.2 Å². The molecule has 1 aliphatic rings. The van der Waals surface area contributed by atoms with Crippen LogP contribution in [0, 0.1) is 0 Å². The van der Waals surface area contributed by atoms with Crippen molar-refractivity contribution in [3.8, 4) is 0 Å². The van der Waals surface area contributed by atoms with Crippen molar-refractivity contribution in [1.82, 2.24) is 9.88 Å². The topological polar surface area (TPSA) is 33.2 Å². The molecular formula is C22H19F3N2OS. The Labute approximate surface area is 170 Å². The second-order valence-corrected chi connectivity index (χ2v) is 8.05. The first-order valence-electron chi connectivity index (χ1n) is 9.44. The highest BCUT2D eigenvalue weighted by Crippen LogP contribution is 2.38. The molecule has 150 valence electrons. The van der Waals surface area contributed by atoms with Crippen LogP contribution >= 0.6 is 11.3 Å². The van der Waals surface area contributed by atoms with Crippen LogP contribution in [-0.2, 0) is 4.79 Å². The maximum absolute atomic E-state index is 13.6. The fourth-order valence-electron chi connectivity index (χ4n) is 3.64. The number of benzene rings is 2. The molecule has 0 bridgehead atoms. The first-order valence-corrected chi connectivity index (χ1v) is 10.3. The van der Waals surface area contributed by atoms with Gasteiger partial charge in [0.05, 0.1) is 21.8 Å². The van der Waals surface area contributed by atoms with Crippen LogP contribution in [0.4, 0.5) is 13.2 Å². The van der Waals surface area contributed by atoms with Gasteiger partial charge in [0.25, 0.3) is 0 Å². The number of hydrogen-bond acceptors (Lipinski definition) is 3. The van der Waals surface area contributed by atoms with Crippen LogP contribution in [0.15, 0.2) is 60.7 Å². The Bertz CT molecular complexity index is 1010. The molecule has 0 N–H and O–H groups in total. The van der Waals surface area contributed by atoms with E-state index < -0.39 is 17.7 Å². The van der Waals surface area contributed by atoms with Gasteiger partial charge in [0.2, 0.25) is 5.91 Å². The standard InChI is InChI=1S/C22H19F3N2OS/c23-22(24,25)16(15-8-2-1-3-9-15)14-20(28)27-13-7-6-11-18(27)21-26-17-10-4-5-12-19(17)29-21/h1-5,8-10,12,14,18H,6-7,11,13H2/b16-14+. The fraction of sp³-hybridized carbons (Fsp3) is 0.273. The Morgan fingerprint density at radius 1 is 1.07 bits per heavy atom. The predicted molar refractivity (Wildman–Crippen MR) is 108 cm³/mol. The molecular weight excluding hydrogens is 397 g/mol. The van der Waals surface area contributed by atoms with Crippen LogP contribution in [0.2, 0.25) is 0 Å². The Morgan fingerprint density at radius 2 is 1.79 bits per heavy atom. The van der Waals surface area contributed by atoms with Crippen LogP contribution < -0.4 is 0 Å². The molecule has 29 heavy (non-hydrogen) atoms. The van der Waals surface area contributed by atoms with Gasteiger partial charge in [0.1, 0.15) is 5.01 Å². The third-order valence-corrected chi connectivity index (χ3v) is 6.18. The van der Waals surface area contributed by atoms with Gasteiger partial charge in [-0.1, -0.05) is 42.5 Å². The summed E-state index contributed by atoms with van der Waals surface area (Å²) in [5.41, 5.74) is -0.0834. The average molecular weight is 416 g/mol. The Kier molecular flexibility index (Phi) is 5.41. The van der Waals surface area contributed by atoms with Gasteiger partial charge in [-0.15, -0.1) is 11.3 Å². The summed E-state index contributed by atoms with van der Waals surface area (Å²) in [5.74, 6) is -0.620. The molecule has 1 saturated heterocycles. The zero-order valence-corrected chi connectivity index (χ0v) is 16.3. The van der Waals surface area contributed by atoms with Gasteiger partial charge >= 0.3 is 6.18 Å². The van der Waals surface area contributed by atoms with Crippen molar-refractivity contribution >= 4 is 33.0 Å². The maximum atomic E-state index is 13.6. The second-order valence-electron chi connectivity index (χ2n) is 6.98. The minimum atomic E-state index is -4.61. The summed E-state index contributed by atoms with van der Waals surface area (Å²) in [6.45, 7) is 0.426. The molecule has 1 aromatic heterocycles. The van der Waals surface area contributed by atoms with Gasteiger partial charge in [0.15, 0.2) is 0 Å². The molecule has 3 nitrogen and oxygen atoms in total. The first kappa shape index (κ1) is 19.6. The van der Waals surface area contributed by atoms with E-state index in [-0.39, 0.29) is 11.6 Å². The number of thiazole rings is 1. The van der Waals surface area contributed by atoms with E-state index in [1.54, 1.807) is 6.07 Å². The highest BCUT2D eigenvalue weighted by Gasteiger charge is 2.37. The molecule has 1 aliphatic heterocycles. The molecule has 2 heterocycles. The lowest BCUT2D eigenvalue weighted by atomic mass is 10.0. The third kappa shape index (κ3) is 4.19. The lowest BCUT2D eigenvalue weighted by molar-refractivity contribution is -0.130. The van der Waals surface area contributed by atoms with Gasteiger partial charge in [0, 0.05) is 12.6 Å². The summed E-state index contributed by atoms with van der Waals surface area (Å²) >= 11 is 1.50. The normalized spacial score (nSPS) is 18.2. The number of carbonyl (C=O) groups excluding carboxylic acids is 1. The predicted octanol–water partition coefficient (Wildman–Crippen LogP) is 6.00. The third-order valence-electron chi connectivity index (χ3n) is 5.04. The van der Waals surface area contributed by atoms with Crippen LogP contribution in [-0.4, -0.2) is 28.5 Å². The van der Waals surface area contributed by atoms with E-state index in [1.807, 2.05) is 24.3 Å². The van der Waals surface area contributed by atoms with E-state index in [2.05, 4.69) is 4.98 Å². The van der Waals surface area contributed by atoms with E-state index in [1.165, 1.54) is 40.5 Å². The second kappa shape index (κ2) is 7.99. The quantitative estimate of drug-likeness (QED) is 0.491. The van der Waals surface area contributed by atoms with E-state index in [0.29, 0.717) is 13.0 Å². The molecule has 1 atom stereocenters. The fourth-order valence-corrected chi connectivity index (χ4v) is 4.75. The number of amides is 1. The summed E-state index contributed by atoms with van der Waals surface area (Å²) in [4.78, 5) is 19.1. The number of rotatable bonds is 3. The molecule has 0 spiro atoms. The zero-order chi connectivity index (χ0) is 20.4. The van der Waals surface area contributed by atoms with Crippen LogP contribution in [0.1, 0.15) is 35.9 Å². The molecule has 0 saturated carbocycles. The molecule has 3 aromatic rings. The van der Waals surface area contributed by atoms with E-state index in [0.717, 1.165) is 34.1 Å². The lowest BCUT2D eigenvalue weighted by Gasteiger charge is -2.34. The molecule has 0 radical (unpaired) electrons. The maximum Gasteiger partial charge on any atom is 0.417 e. The highest BCUT2D eigenvalue weighted by molar-refractivity contribution is 7.18. The van der Waals surface area contributed by atoms with E-state index in [9.17, 15) is 18.0 Å². The van der Waals surface area contributed by atoms with Gasteiger partial charge in [-0.25, -0.2) is 4.98 Å². The van der Waals surface area contributed by atoms with Crippen LogP contribution in [0.25, 0.3) is 15.8 Å². The van der Waals surface area contributed by atoms with Crippen molar-refractivity contribution in [2.75, 3.05) is 6.54 Å². The number of alkyl halides is 3. The van der Waals surface area contributed by atoms with Crippen molar-refractivity contribution in [2.45, 2.75) is 31.5 Å². The summed E-state index contributed by atoms with van der Waals surface area (Å²) in [5, 5.41) is 0.779. The number of allylic oxidation sites excluding steroid dienone is 1. The number of para-hydroxylation sites is 1. The molecule has 7 heteroatoms. The van der Waals surface area contributed by atoms with Crippen LogP contribution in [0.5, 0.6) is 0 Å². The number of piperidine rings is 1. The Hall–Kier alpha value is -2.67. The Morgan fingerprint density at radius 3 is 2.52 bits per heavy atom. The zero-order valence-electron chi connectivity index (χ0n) is 15.5. The minimum Gasteiger partial charge on any atom is -0.330 e. The monoisotopic (exact) mass is 416 g/mol. The number of fused-ring (bicyclic) bond motifs is 1. The number of hydrogen-bond donors (Lipinski definition) is 0. The van der Waals surface area contributed by atoms with E-state index in [4.69, 9.17) is 0 Å². The Balaban J connectivity index is 1.68. The number of likely N-dealkylation sites (tertiary alicyclic amines) is 1. The molecule has 0 aliphatic carbocycles. The summed E-state index contributed by atoms with van der Waals surface area (Å²) in [7, 11) is 0. The number of aromatic nitrogens is 1. The SMILES string of the molecule is O=C(/C=C(\c1ccccc1)C(F)(F)F)N1CCCCC1c1nc2ccccc2s1. The highest BCUT2D eigenvalue weighted by atomic mass is 32.1. The van der Waals surface area contributed by atoms with E-state index >= 15 is 0 Å². The van der Waals surface area contributed by atoms with Gasteiger partial charge < -0.3 is 4.90 Å². The average Bonchev–Trinajstić information content (AvgIpc) is 3.16. The largest absolute Gasteiger partial charge is 0.417 e. The smallest absolute Gasteiger partial charge is 0.330 e. The molecule has 4 rings (SSSR count). The number of halogens is 3. The van der Waals surface area contributed by atoms with Crippen molar-refractivity contribution in [2.24, 2.45) is 0 Å². The summed E-state index contributed by atoms with van der Waals surface area (Å²) < 4.78 is 41.9. The molecule has 1 amide bonds. The molecule has 2 aromatic carbocycles. The van der Waals surface area contributed by atoms with Crippen molar-refractivity contribution in [1.29, 1.82) is 0 Å². The number of carbonyl (C=O) groups is 1. The first-order chi connectivity index (χ1) is 13.9. The molecule has 1 fully saturated rings.